The summed E-state index contributed by atoms with van der Waals surface area (Å²) in [7, 11) is 9.87. The molecule has 0 radical (unpaired) electrons. The standard InChI is InChI=1S/2C10H13.2ClH.Zr/c2*1-8-6-7-9-4-2-3-5-10(8)9;;;/h2*2-3,5,9H,4,6-7H2,1H3;2*1H;/q2*-1;;;+4/p-2. The second-order valence-electron chi connectivity index (χ2n) is 6.68. The minimum absolute atomic E-state index is 0.826. The Labute approximate surface area is 160 Å². The summed E-state index contributed by atoms with van der Waals surface area (Å²) in [5, 5.41) is 0. The molecule has 4 rings (SSSR count). The fraction of sp³-hybridized carbons (Fsp3) is 0.500. The van der Waals surface area contributed by atoms with Gasteiger partial charge < -0.3 is 0 Å². The predicted octanol–water partition coefficient (Wildman–Crippen LogP) is 7.13. The Morgan fingerprint density at radius 2 is 1.26 bits per heavy atom. The van der Waals surface area contributed by atoms with Crippen LogP contribution in [0.25, 0.3) is 0 Å². The van der Waals surface area contributed by atoms with E-state index in [0.717, 1.165) is 11.8 Å². The quantitative estimate of drug-likeness (QED) is 0.360. The van der Waals surface area contributed by atoms with E-state index in [-0.39, 0.29) is 0 Å². The van der Waals surface area contributed by atoms with Crippen LogP contribution >= 0.6 is 17.0 Å². The Hall–Kier alpha value is 0.163. The molecular formula is C20H26Cl2Zr. The van der Waals surface area contributed by atoms with Gasteiger partial charge in [-0.05, 0) is 24.7 Å². The summed E-state index contributed by atoms with van der Waals surface area (Å²) >= 11 is -0.826. The van der Waals surface area contributed by atoms with Crippen LogP contribution in [0.3, 0.4) is 0 Å². The zero-order valence-electron chi connectivity index (χ0n) is 14.1. The van der Waals surface area contributed by atoms with E-state index in [9.17, 15) is 0 Å². The van der Waals surface area contributed by atoms with E-state index < -0.39 is 20.8 Å². The Kier molecular flexibility index (Phi) is 8.66. The first-order valence-corrected chi connectivity index (χ1v) is 14.9. The number of halogens is 2. The molecule has 23 heavy (non-hydrogen) atoms. The van der Waals surface area contributed by atoms with Crippen LogP contribution in [-0.2, 0) is 20.8 Å². The third-order valence-electron chi connectivity index (χ3n) is 5.27. The molecule has 4 aliphatic rings. The minimum atomic E-state index is -0.826. The summed E-state index contributed by atoms with van der Waals surface area (Å²) in [6, 6.07) is 0. The molecule has 0 bridgehead atoms. The Balaban J connectivity index is 0.000000143. The van der Waals surface area contributed by atoms with Gasteiger partial charge >= 0.3 is 37.9 Å². The molecule has 2 atom stereocenters. The summed E-state index contributed by atoms with van der Waals surface area (Å²) in [6.45, 7) is 4.54. The van der Waals surface area contributed by atoms with Crippen LogP contribution in [0.2, 0.25) is 0 Å². The molecule has 4 aliphatic carbocycles. The van der Waals surface area contributed by atoms with E-state index in [1.54, 1.807) is 23.0 Å². The Morgan fingerprint density at radius 1 is 0.870 bits per heavy atom. The summed E-state index contributed by atoms with van der Waals surface area (Å²) < 4.78 is 0. The van der Waals surface area contributed by atoms with Gasteiger partial charge in [0.05, 0.1) is 0 Å². The summed E-state index contributed by atoms with van der Waals surface area (Å²) in [4.78, 5) is 0. The maximum absolute atomic E-state index is 4.93. The van der Waals surface area contributed by atoms with E-state index in [1.165, 1.54) is 38.5 Å². The first-order valence-electron chi connectivity index (χ1n) is 8.52. The Morgan fingerprint density at radius 3 is 1.61 bits per heavy atom. The van der Waals surface area contributed by atoms with Crippen molar-refractivity contribution < 1.29 is 20.8 Å². The third-order valence-corrected chi connectivity index (χ3v) is 5.27. The van der Waals surface area contributed by atoms with Gasteiger partial charge in [0, 0.05) is 0 Å². The van der Waals surface area contributed by atoms with Crippen molar-refractivity contribution in [2.75, 3.05) is 0 Å². The average molecular weight is 429 g/mol. The van der Waals surface area contributed by atoms with Crippen LogP contribution in [0.5, 0.6) is 0 Å². The van der Waals surface area contributed by atoms with Gasteiger partial charge in [-0.25, -0.2) is 35.1 Å². The van der Waals surface area contributed by atoms with Crippen molar-refractivity contribution in [2.45, 2.75) is 52.4 Å². The summed E-state index contributed by atoms with van der Waals surface area (Å²) in [6.07, 6.45) is 21.5. The Bertz CT molecular complexity index is 446. The van der Waals surface area contributed by atoms with Gasteiger partial charge in [0.25, 0.3) is 0 Å². The van der Waals surface area contributed by atoms with Crippen molar-refractivity contribution in [3.63, 3.8) is 0 Å². The van der Waals surface area contributed by atoms with Crippen molar-refractivity contribution in [3.05, 3.63) is 59.4 Å². The van der Waals surface area contributed by atoms with Gasteiger partial charge in [-0.2, -0.15) is 0 Å². The number of fused-ring (bicyclic) bond motifs is 2. The molecule has 3 heteroatoms. The monoisotopic (exact) mass is 426 g/mol. The van der Waals surface area contributed by atoms with E-state index in [4.69, 9.17) is 17.0 Å². The SMILES string of the molecule is C[C-]1CCC2CC=CC=C12.C[C-]1CCC2CC=CC=C12.[Cl][Zr+2][Cl]. The second-order valence-corrected chi connectivity index (χ2v) is 10.4. The van der Waals surface area contributed by atoms with E-state index in [2.05, 4.69) is 50.3 Å². The molecule has 0 nitrogen and oxygen atoms in total. The first kappa shape index (κ1) is 19.5. The van der Waals surface area contributed by atoms with Crippen LogP contribution in [-0.4, -0.2) is 0 Å². The maximum atomic E-state index is 4.93. The molecule has 0 aromatic heterocycles. The summed E-state index contributed by atoms with van der Waals surface area (Å²) in [5.74, 6) is 5.00. The van der Waals surface area contributed by atoms with Crippen molar-refractivity contribution in [1.82, 2.24) is 0 Å². The first-order chi connectivity index (χ1) is 11.2. The summed E-state index contributed by atoms with van der Waals surface area (Å²) in [5.41, 5.74) is 3.25. The van der Waals surface area contributed by atoms with E-state index in [1.807, 2.05) is 0 Å². The van der Waals surface area contributed by atoms with Gasteiger partial charge in [0.15, 0.2) is 0 Å². The molecule has 0 spiro atoms. The van der Waals surface area contributed by atoms with Crippen LogP contribution < -0.4 is 0 Å². The topological polar surface area (TPSA) is 0 Å². The van der Waals surface area contributed by atoms with Crippen molar-refractivity contribution in [1.29, 1.82) is 0 Å². The van der Waals surface area contributed by atoms with Crippen molar-refractivity contribution in [3.8, 4) is 0 Å². The average Bonchev–Trinajstić information content (AvgIpc) is 3.14. The molecule has 0 aromatic rings. The molecule has 2 fully saturated rings. The molecule has 124 valence electrons. The third kappa shape index (κ3) is 5.59. The molecule has 0 aliphatic heterocycles. The molecule has 0 aromatic carbocycles. The zero-order valence-corrected chi connectivity index (χ0v) is 18.1. The molecule has 0 saturated heterocycles. The van der Waals surface area contributed by atoms with Crippen LogP contribution in [0.4, 0.5) is 0 Å². The number of rotatable bonds is 0. The molecule has 2 saturated carbocycles. The fourth-order valence-corrected chi connectivity index (χ4v) is 3.95. The molecular weight excluding hydrogens is 402 g/mol. The fourth-order valence-electron chi connectivity index (χ4n) is 3.95. The van der Waals surface area contributed by atoms with Gasteiger partial charge in [-0.3, -0.25) is 0 Å². The molecule has 0 amide bonds. The van der Waals surface area contributed by atoms with Gasteiger partial charge in [0.2, 0.25) is 0 Å². The van der Waals surface area contributed by atoms with Crippen molar-refractivity contribution in [2.24, 2.45) is 11.8 Å². The van der Waals surface area contributed by atoms with E-state index >= 15 is 0 Å². The number of hydrogen-bond acceptors (Lipinski definition) is 0. The van der Waals surface area contributed by atoms with Crippen LogP contribution in [0.15, 0.2) is 47.6 Å². The van der Waals surface area contributed by atoms with Gasteiger partial charge in [0.1, 0.15) is 0 Å². The molecule has 0 heterocycles. The predicted molar refractivity (Wildman–Crippen MR) is 98.7 cm³/mol. The molecule has 2 unspecified atom stereocenters. The van der Waals surface area contributed by atoms with Crippen LogP contribution in [0.1, 0.15) is 52.4 Å². The zero-order chi connectivity index (χ0) is 16.7. The van der Waals surface area contributed by atoms with Crippen LogP contribution in [0, 0.1) is 23.7 Å². The number of allylic oxidation sites excluding steroid dienone is 8. The number of hydrogen-bond donors (Lipinski definition) is 0. The second kappa shape index (κ2) is 10.2. The molecule has 0 N–H and O–H groups in total. The normalized spacial score (nSPS) is 26.8. The van der Waals surface area contributed by atoms with E-state index in [0.29, 0.717) is 0 Å². The van der Waals surface area contributed by atoms with Gasteiger partial charge in [-0.15, -0.1) is 38.2 Å². The van der Waals surface area contributed by atoms with Crippen molar-refractivity contribution >= 4 is 17.0 Å². The van der Waals surface area contributed by atoms with Gasteiger partial charge in [-0.1, -0.05) is 25.7 Å².